The summed E-state index contributed by atoms with van der Waals surface area (Å²) in [6, 6.07) is 20.8. The zero-order valence-corrected chi connectivity index (χ0v) is 93.0. The first-order valence-corrected chi connectivity index (χ1v) is 50.7. The second-order valence-electron chi connectivity index (χ2n) is 49.8. The highest BCUT2D eigenvalue weighted by molar-refractivity contribution is 7.15. The van der Waals surface area contributed by atoms with E-state index in [2.05, 4.69) is 338 Å². The number of aliphatic hydroxyl groups is 5. The minimum Gasteiger partial charge on any atom is -0.480 e. The smallest absolute Gasteiger partial charge is 0.320 e. The fourth-order valence-electron chi connectivity index (χ4n) is 15.9. The van der Waals surface area contributed by atoms with Crippen LogP contribution >= 0.6 is 11.3 Å². The molecule has 0 amide bonds. The standard InChI is InChI=1S/C12H16N2.C11H14N2.C10H19NO2.C9H16N2.C9H19NO5.2C9H19N.C8H18N2O.C8H18N2.C8H17NO.C6H11N3S.C6H10N2O.2CH4/c1-12(2,3)11-13-9-7-5-6-8-10(9)14(11)4;1-11(2,3)10-12-8-6-4-5-7-9(8)13-10;1-10(2,3)11-7-5-4-6-8(11)9(12)13;1-7-6-8(2)11(10-7)9(3,4)5;1-9(2,3)10-8(14)7(13)6(12)5(4-11)15-10;2*1-9(2,3)8-6-4-5-7-10-8;1-8(2,3)10-4-6(9)7(11)5-10;1-8(2,3)7-6-9-4-5-10-7;1-8(2,3)7-6-10-5-4-9-7;1-6(2,3)4-8-9-5(7)10-4;1-6(2,3)5-7-4-8-9-5;;/h5-8H,1-4H3;4-7H,1-3H3,(H,12,13);8H,4-7H2,1-3H3,(H,12,13);6H,1-5H3;5-8,11-14H,4H2,1-3H3;2*8,10H,4-7H2,1-3H3;6-7,11H,4-5,9H2,1-3H3;7,9-10H,4-6H2,1-3H3;7,9H,4-6H2,1-3H3;1-3H3,(H2,7,9);4H,1-3H3;2*1H4/t;;;;5-,6-,7-,8+;2*8-;6-,7-;2*7-;;;;/m....010000..../s1. The van der Waals surface area contributed by atoms with Gasteiger partial charge in [0.15, 0.2) is 12.6 Å². The van der Waals surface area contributed by atoms with Gasteiger partial charge in [-0.3, -0.25) is 24.1 Å². The maximum atomic E-state index is 11.0. The molecule has 1 unspecified atom stereocenters. The van der Waals surface area contributed by atoms with Gasteiger partial charge < -0.3 is 87.5 Å². The molecule has 14 rings (SSSR count). The third-order valence-corrected chi connectivity index (χ3v) is 25.5. The average molecular weight is 1960 g/mol. The number of carbonyl (C=O) groups is 1. The van der Waals surface area contributed by atoms with Gasteiger partial charge in [-0.1, -0.05) is 241 Å². The Bertz CT molecular complexity index is 4280. The van der Waals surface area contributed by atoms with Crippen molar-refractivity contribution in [2.45, 2.75) is 446 Å². The number of aliphatic hydroxyl groups excluding tert-OH is 5. The van der Waals surface area contributed by atoms with E-state index in [1.165, 1.54) is 85.6 Å². The van der Waals surface area contributed by atoms with Crippen LogP contribution in [0.15, 0.2) is 65.4 Å². The SMILES string of the molecule is C.C.CC(C)(C)N1CCCCC1C(=O)O.CC(C)(C)N1C[C@H](N)[C@@H](O)C1.CC(C)(C)N1O[C@@H](CO)[C@H](O)[C@H](O)[C@H]1O.CC(C)(C)[C@@H]1CCCCN1.CC(C)(C)[C@@H]1CNCCN1.CC(C)(C)[C@@H]1COCCN1.CC(C)(C)[C@H]1CCCCN1.CC(C)(C)c1nc2ccccc2[nH]1.CC(C)(C)c1ncno1.CC(C)(C)c1nnc(N)s1.Cc1cc(C)n(C(C)(C)C)n1.Cn1c(C(C)(C)C)nc2ccccc21. The molecule has 11 atom stereocenters. The lowest BCUT2D eigenvalue weighted by Gasteiger charge is -2.47. The lowest BCUT2D eigenvalue weighted by atomic mass is 9.82. The molecule has 0 saturated carbocycles. The van der Waals surface area contributed by atoms with Gasteiger partial charge in [-0.2, -0.15) is 15.1 Å². The van der Waals surface area contributed by atoms with Crippen LogP contribution in [0.5, 0.6) is 0 Å². The van der Waals surface area contributed by atoms with Crippen molar-refractivity contribution in [3.05, 3.63) is 94.9 Å². The molecule has 31 heteroatoms. The Morgan fingerprint density at radius 1 is 0.558 bits per heavy atom. The molecule has 7 aromatic rings. The van der Waals surface area contributed by atoms with Crippen molar-refractivity contribution in [2.24, 2.45) is 34.4 Å². The third kappa shape index (κ3) is 45.9. The number of piperidine rings is 3. The van der Waals surface area contributed by atoms with Crippen molar-refractivity contribution in [1.82, 2.24) is 91.1 Å². The van der Waals surface area contributed by atoms with Crippen LogP contribution in [-0.4, -0.2) is 263 Å². The molecular weight excluding hydrogens is 1760 g/mol. The summed E-state index contributed by atoms with van der Waals surface area (Å²) in [5.41, 5.74) is 19.5. The highest BCUT2D eigenvalue weighted by Gasteiger charge is 2.47. The number of aromatic nitrogens is 10. The number of ether oxygens (including phenoxy) is 1. The second kappa shape index (κ2) is 56.4. The van der Waals surface area contributed by atoms with Crippen molar-refractivity contribution in [3.8, 4) is 0 Å². The van der Waals surface area contributed by atoms with Gasteiger partial charge in [-0.05, 0) is 207 Å². The first-order valence-electron chi connectivity index (χ1n) is 49.9. The Morgan fingerprint density at radius 2 is 1.08 bits per heavy atom. The van der Waals surface area contributed by atoms with E-state index in [0.717, 1.165) is 123 Å². The summed E-state index contributed by atoms with van der Waals surface area (Å²) in [4.78, 5) is 36.9. The molecule has 7 fully saturated rings. The van der Waals surface area contributed by atoms with Gasteiger partial charge >= 0.3 is 5.97 Å². The Balaban J connectivity index is 0.000000754. The number of fused-ring (bicyclic) bond motifs is 2. The van der Waals surface area contributed by atoms with Crippen molar-refractivity contribution < 1.29 is 49.5 Å². The van der Waals surface area contributed by atoms with E-state index in [9.17, 15) is 25.2 Å². The number of morpholine rings is 1. The summed E-state index contributed by atoms with van der Waals surface area (Å²) in [5, 5.41) is 91.7. The number of nitrogen functional groups attached to an aromatic ring is 1. The summed E-state index contributed by atoms with van der Waals surface area (Å²) < 4.78 is 14.4. The van der Waals surface area contributed by atoms with Gasteiger partial charge in [0.2, 0.25) is 11.0 Å². The van der Waals surface area contributed by atoms with Crippen LogP contribution in [0.2, 0.25) is 0 Å². The summed E-state index contributed by atoms with van der Waals surface area (Å²) in [5.74, 6) is 2.20. The number of aliphatic carboxylic acids is 1. The molecule has 2 aromatic carbocycles. The van der Waals surface area contributed by atoms with Gasteiger partial charge in [0.25, 0.3) is 0 Å². The number of nitrogens with zero attached hydrogens (tertiary/aromatic N) is 12. The lowest BCUT2D eigenvalue weighted by Crippen LogP contribution is -2.65. The molecule has 0 spiro atoms. The van der Waals surface area contributed by atoms with Crippen LogP contribution in [0.25, 0.3) is 22.1 Å². The van der Waals surface area contributed by atoms with Gasteiger partial charge in [0.05, 0.1) is 59.2 Å². The lowest BCUT2D eigenvalue weighted by molar-refractivity contribution is -0.378. The number of hydrogen-bond acceptors (Lipinski definition) is 27. The first-order chi connectivity index (χ1) is 62.1. The number of imidazole rings is 2. The van der Waals surface area contributed by atoms with E-state index in [0.29, 0.717) is 51.3 Å². The number of anilines is 1. The van der Waals surface area contributed by atoms with Crippen LogP contribution < -0.4 is 38.1 Å². The number of carboxylic acid groups (broad SMARTS) is 1. The quantitative estimate of drug-likeness (QED) is 0.0764. The summed E-state index contributed by atoms with van der Waals surface area (Å²) in [6.45, 7) is 92.0. The van der Waals surface area contributed by atoms with Crippen LogP contribution in [0.4, 0.5) is 5.13 Å². The van der Waals surface area contributed by atoms with E-state index in [4.69, 9.17) is 35.8 Å². The van der Waals surface area contributed by atoms with Crippen LogP contribution in [0.1, 0.15) is 356 Å². The minimum atomic E-state index is -1.35. The second-order valence-corrected chi connectivity index (χ2v) is 50.8. The zero-order valence-electron chi connectivity index (χ0n) is 92.2. The molecule has 0 aliphatic carbocycles. The highest BCUT2D eigenvalue weighted by Crippen LogP contribution is 2.34. The molecule has 138 heavy (non-hydrogen) atoms. The summed E-state index contributed by atoms with van der Waals surface area (Å²) in [7, 11) is 2.08. The maximum absolute atomic E-state index is 11.0. The fraction of sp³-hybridized carbons (Fsp3) is 0.794. The Hall–Kier alpha value is -6.08. The predicted octanol–water partition coefficient (Wildman–Crippen LogP) is 18.0. The van der Waals surface area contributed by atoms with Gasteiger partial charge in [-0.25, -0.2) is 9.97 Å². The molecule has 798 valence electrons. The number of hydrogen-bond donors (Lipinski definition) is 14. The number of aromatic amines is 1. The zero-order chi connectivity index (χ0) is 104. The Morgan fingerprint density at radius 3 is 1.39 bits per heavy atom. The fourth-order valence-corrected chi connectivity index (χ4v) is 16.6. The predicted molar refractivity (Wildman–Crippen MR) is 575 cm³/mol. The molecule has 7 aliphatic heterocycles. The van der Waals surface area contributed by atoms with Crippen molar-refractivity contribution in [1.29, 1.82) is 0 Å². The number of aryl methyl sites for hydroxylation is 3. The molecule has 0 bridgehead atoms. The number of piperazine rings is 1. The van der Waals surface area contributed by atoms with E-state index in [1.54, 1.807) is 20.8 Å². The number of H-pyrrole nitrogens is 1. The number of nitrogens with one attached hydrogen (secondary N) is 6. The minimum absolute atomic E-state index is 0. The largest absolute Gasteiger partial charge is 0.480 e. The van der Waals surface area contributed by atoms with E-state index in [1.807, 2.05) is 52.0 Å². The van der Waals surface area contributed by atoms with Gasteiger partial charge in [0, 0.05) is 120 Å². The average Bonchev–Trinajstić information content (AvgIpc) is 1.52. The normalized spacial score (nSPS) is 22.7. The molecular formula is C107H204N20O10S. The van der Waals surface area contributed by atoms with E-state index in [-0.39, 0.29) is 71.3 Å². The van der Waals surface area contributed by atoms with Crippen LogP contribution in [0, 0.1) is 35.5 Å². The third-order valence-electron chi connectivity index (χ3n) is 24.4. The van der Waals surface area contributed by atoms with Crippen LogP contribution in [-0.2, 0) is 48.6 Å². The Kier molecular flexibility index (Phi) is 53.1. The molecule has 30 nitrogen and oxygen atoms in total. The van der Waals surface area contributed by atoms with Crippen molar-refractivity contribution in [3.63, 3.8) is 0 Å². The number of β-amino-alcohol motifs (C(OH)–C–C–N with tert-alkyl or cyclic N) is 1. The highest BCUT2D eigenvalue weighted by atomic mass is 32.1. The van der Waals surface area contributed by atoms with Crippen molar-refractivity contribution >= 4 is 44.5 Å². The summed E-state index contributed by atoms with van der Waals surface area (Å²) in [6.07, 6.45) is 7.48. The van der Waals surface area contributed by atoms with E-state index >= 15 is 0 Å². The number of carboxylic acids is 1. The molecule has 0 radical (unpaired) electrons. The van der Waals surface area contributed by atoms with Gasteiger partial charge in [0.1, 0.15) is 41.0 Å². The first kappa shape index (κ1) is 130. The number of benzene rings is 2. The number of nitrogens with two attached hydrogens (primary N) is 2. The van der Waals surface area contributed by atoms with Crippen molar-refractivity contribution in [2.75, 3.05) is 84.5 Å². The maximum Gasteiger partial charge on any atom is 0.320 e. The molecule has 12 heterocycles. The Labute approximate surface area is 840 Å². The van der Waals surface area contributed by atoms with E-state index < -0.39 is 42.7 Å². The number of para-hydroxylation sites is 4. The molecule has 7 aliphatic rings. The monoisotopic (exact) mass is 1960 g/mol. The molecule has 5 aromatic heterocycles. The summed E-state index contributed by atoms with van der Waals surface area (Å²) >= 11 is 1.45. The molecule has 7 saturated heterocycles. The van der Waals surface area contributed by atoms with Gasteiger partial charge in [-0.15, -0.1) is 10.2 Å². The molecule has 16 N–H and O–H groups in total. The number of hydroxylamine groups is 2. The number of rotatable bonds is 2. The number of likely N-dealkylation sites (tertiary alicyclic amines) is 2. The topological polar surface area (TPSA) is 408 Å². The van der Waals surface area contributed by atoms with Crippen LogP contribution in [0.3, 0.4) is 0 Å².